The summed E-state index contributed by atoms with van der Waals surface area (Å²) in [7, 11) is 0. The van der Waals surface area contributed by atoms with Gasteiger partial charge in [-0.15, -0.1) is 0 Å². The largest absolute Gasteiger partial charge is 0.444 e. The number of ketones is 1. The van der Waals surface area contributed by atoms with Crippen molar-refractivity contribution < 1.29 is 18.8 Å². The molecule has 96 valence electrons. The van der Waals surface area contributed by atoms with Crippen LogP contribution in [-0.4, -0.2) is 17.6 Å². The number of Topliss-reactive ketones (excluding diaryl/α,β-unsaturated/α-hetero) is 1. The molecule has 1 aliphatic carbocycles. The molecule has 1 fully saturated rings. The Balaban J connectivity index is 2.40. The molecule has 3 N–H and O–H groups in total. The van der Waals surface area contributed by atoms with Crippen LogP contribution in [0.25, 0.3) is 0 Å². The lowest BCUT2D eigenvalue weighted by Crippen LogP contribution is -2.19. The summed E-state index contributed by atoms with van der Waals surface area (Å²) in [4.78, 5) is 34.5. The van der Waals surface area contributed by atoms with Gasteiger partial charge in [-0.3, -0.25) is 19.7 Å². The molecule has 0 spiro atoms. The van der Waals surface area contributed by atoms with Gasteiger partial charge in [0.05, 0.1) is 5.56 Å². The Hall–Kier alpha value is -2.11. The molecule has 0 atom stereocenters. The van der Waals surface area contributed by atoms with E-state index in [1.54, 1.807) is 6.92 Å². The van der Waals surface area contributed by atoms with Crippen molar-refractivity contribution in [2.24, 2.45) is 11.7 Å². The summed E-state index contributed by atoms with van der Waals surface area (Å²) in [5.74, 6) is -1.09. The van der Waals surface area contributed by atoms with Gasteiger partial charge in [-0.2, -0.15) is 0 Å². The van der Waals surface area contributed by atoms with Crippen molar-refractivity contribution in [2.75, 3.05) is 5.32 Å². The van der Waals surface area contributed by atoms with E-state index in [0.717, 1.165) is 12.8 Å². The number of furan rings is 1. The lowest BCUT2D eigenvalue weighted by Gasteiger charge is -2.02. The zero-order valence-electron chi connectivity index (χ0n) is 10.2. The maximum absolute atomic E-state index is 11.6. The summed E-state index contributed by atoms with van der Waals surface area (Å²) in [5, 5.41) is 2.51. The van der Waals surface area contributed by atoms with E-state index in [4.69, 9.17) is 10.2 Å². The van der Waals surface area contributed by atoms with Gasteiger partial charge in [0.15, 0.2) is 5.78 Å². The Morgan fingerprint density at radius 1 is 1.28 bits per heavy atom. The normalized spacial score (nSPS) is 14.3. The first kappa shape index (κ1) is 12.3. The zero-order valence-corrected chi connectivity index (χ0v) is 10.2. The zero-order chi connectivity index (χ0) is 13.4. The maximum atomic E-state index is 11.6. The Morgan fingerprint density at radius 3 is 2.33 bits per heavy atom. The summed E-state index contributed by atoms with van der Waals surface area (Å²) in [6, 6.07) is 0. The molecule has 0 aromatic carbocycles. The second kappa shape index (κ2) is 4.29. The fourth-order valence-corrected chi connectivity index (χ4v) is 1.85. The molecular weight excluding hydrogens is 236 g/mol. The van der Waals surface area contributed by atoms with Gasteiger partial charge in [0, 0.05) is 5.92 Å². The van der Waals surface area contributed by atoms with E-state index in [9.17, 15) is 14.4 Å². The van der Waals surface area contributed by atoms with Gasteiger partial charge in [-0.25, -0.2) is 0 Å². The van der Waals surface area contributed by atoms with Crippen molar-refractivity contribution in [1.29, 1.82) is 0 Å². The molecule has 0 radical (unpaired) electrons. The van der Waals surface area contributed by atoms with Crippen LogP contribution >= 0.6 is 0 Å². The van der Waals surface area contributed by atoms with Crippen molar-refractivity contribution in [2.45, 2.75) is 26.7 Å². The van der Waals surface area contributed by atoms with Gasteiger partial charge in [0.2, 0.25) is 11.8 Å². The first-order valence-electron chi connectivity index (χ1n) is 5.66. The number of hydrogen-bond acceptors (Lipinski definition) is 4. The fourth-order valence-electron chi connectivity index (χ4n) is 1.85. The van der Waals surface area contributed by atoms with E-state index in [2.05, 4.69) is 5.32 Å². The first-order chi connectivity index (χ1) is 8.41. The lowest BCUT2D eigenvalue weighted by molar-refractivity contribution is -0.117. The second-order valence-electron chi connectivity index (χ2n) is 4.42. The minimum atomic E-state index is -0.789. The predicted octanol–water partition coefficient (Wildman–Crippen LogP) is 1.24. The fraction of sp³-hybridized carbons (Fsp3) is 0.417. The van der Waals surface area contributed by atoms with Gasteiger partial charge in [-0.1, -0.05) is 0 Å². The molecular formula is C12H14N2O4. The van der Waals surface area contributed by atoms with Crippen molar-refractivity contribution in [1.82, 2.24) is 0 Å². The summed E-state index contributed by atoms with van der Waals surface area (Å²) in [6.07, 6.45) is 1.66. The molecule has 0 unspecified atom stereocenters. The summed E-state index contributed by atoms with van der Waals surface area (Å²) >= 11 is 0. The van der Waals surface area contributed by atoms with E-state index in [-0.39, 0.29) is 40.4 Å². The number of amides is 2. The monoisotopic (exact) mass is 250 g/mol. The van der Waals surface area contributed by atoms with Crippen molar-refractivity contribution in [3.63, 3.8) is 0 Å². The maximum Gasteiger partial charge on any atom is 0.255 e. The van der Waals surface area contributed by atoms with Gasteiger partial charge < -0.3 is 10.2 Å². The van der Waals surface area contributed by atoms with Crippen LogP contribution in [0.3, 0.4) is 0 Å². The molecule has 0 saturated heterocycles. The molecule has 1 aromatic rings. The number of carbonyl (C=O) groups excluding carboxylic acids is 3. The summed E-state index contributed by atoms with van der Waals surface area (Å²) < 4.78 is 5.26. The summed E-state index contributed by atoms with van der Waals surface area (Å²) in [5.41, 5.74) is 5.32. The highest BCUT2D eigenvalue weighted by Crippen LogP contribution is 2.32. The average Bonchev–Trinajstić information content (AvgIpc) is 3.03. The van der Waals surface area contributed by atoms with Crippen LogP contribution in [0, 0.1) is 12.8 Å². The van der Waals surface area contributed by atoms with Gasteiger partial charge in [-0.05, 0) is 26.7 Å². The SMILES string of the molecule is CC(=O)c1c(C)oc(NC(=O)C2CC2)c1C(N)=O. The Morgan fingerprint density at radius 2 is 1.89 bits per heavy atom. The van der Waals surface area contributed by atoms with Gasteiger partial charge in [0.25, 0.3) is 5.91 Å². The number of aryl methyl sites for hydroxylation is 1. The van der Waals surface area contributed by atoms with Crippen LogP contribution in [0.2, 0.25) is 0 Å². The highest BCUT2D eigenvalue weighted by Gasteiger charge is 2.32. The van der Waals surface area contributed by atoms with Crippen LogP contribution < -0.4 is 11.1 Å². The number of anilines is 1. The average molecular weight is 250 g/mol. The molecule has 2 rings (SSSR count). The van der Waals surface area contributed by atoms with Crippen molar-refractivity contribution >= 4 is 23.5 Å². The molecule has 1 heterocycles. The molecule has 2 amide bonds. The van der Waals surface area contributed by atoms with Gasteiger partial charge >= 0.3 is 0 Å². The van der Waals surface area contributed by atoms with Crippen molar-refractivity contribution in [3.8, 4) is 0 Å². The van der Waals surface area contributed by atoms with E-state index >= 15 is 0 Å². The van der Waals surface area contributed by atoms with Crippen LogP contribution in [0.5, 0.6) is 0 Å². The predicted molar refractivity (Wildman–Crippen MR) is 63.3 cm³/mol. The second-order valence-corrected chi connectivity index (χ2v) is 4.42. The highest BCUT2D eigenvalue weighted by molar-refractivity contribution is 6.12. The number of hydrogen-bond donors (Lipinski definition) is 2. The third-order valence-corrected chi connectivity index (χ3v) is 2.87. The molecule has 6 nitrogen and oxygen atoms in total. The topological polar surface area (TPSA) is 102 Å². The van der Waals surface area contributed by atoms with E-state index in [1.165, 1.54) is 6.92 Å². The number of nitrogens with one attached hydrogen (secondary N) is 1. The lowest BCUT2D eigenvalue weighted by atomic mass is 10.1. The quantitative estimate of drug-likeness (QED) is 0.784. The number of nitrogens with two attached hydrogens (primary N) is 1. The molecule has 0 bridgehead atoms. The molecule has 6 heteroatoms. The number of primary amides is 1. The Labute approximate surface area is 104 Å². The standard InChI is InChI=1S/C12H14N2O4/c1-5(15)8-6(2)18-12(9(8)10(13)16)14-11(17)7-3-4-7/h7H,3-4H2,1-2H3,(H2,13,16)(H,14,17). The van der Waals surface area contributed by atoms with Crippen LogP contribution in [-0.2, 0) is 4.79 Å². The van der Waals surface area contributed by atoms with Gasteiger partial charge in [0.1, 0.15) is 11.3 Å². The molecule has 1 saturated carbocycles. The molecule has 1 aliphatic rings. The van der Waals surface area contributed by atoms with Crippen LogP contribution in [0.15, 0.2) is 4.42 Å². The van der Waals surface area contributed by atoms with E-state index < -0.39 is 5.91 Å². The Kier molecular flexibility index (Phi) is 2.94. The molecule has 1 aromatic heterocycles. The van der Waals surface area contributed by atoms with E-state index in [1.807, 2.05) is 0 Å². The number of carbonyl (C=O) groups is 3. The van der Waals surface area contributed by atoms with Crippen LogP contribution in [0.4, 0.5) is 5.88 Å². The third kappa shape index (κ3) is 2.13. The first-order valence-corrected chi connectivity index (χ1v) is 5.66. The van der Waals surface area contributed by atoms with Crippen molar-refractivity contribution in [3.05, 3.63) is 16.9 Å². The molecule has 18 heavy (non-hydrogen) atoms. The smallest absolute Gasteiger partial charge is 0.255 e. The third-order valence-electron chi connectivity index (χ3n) is 2.87. The highest BCUT2D eigenvalue weighted by atomic mass is 16.4. The summed E-state index contributed by atoms with van der Waals surface area (Å²) in [6.45, 7) is 2.87. The van der Waals surface area contributed by atoms with Crippen LogP contribution in [0.1, 0.15) is 46.2 Å². The Bertz CT molecular complexity index is 541. The minimum Gasteiger partial charge on any atom is -0.444 e. The van der Waals surface area contributed by atoms with E-state index in [0.29, 0.717) is 0 Å². The molecule has 0 aliphatic heterocycles. The number of rotatable bonds is 4. The minimum absolute atomic E-state index is 0.0258.